The summed E-state index contributed by atoms with van der Waals surface area (Å²) in [6, 6.07) is 4.51. The van der Waals surface area contributed by atoms with Crippen LogP contribution in [0.4, 0.5) is 5.69 Å². The summed E-state index contributed by atoms with van der Waals surface area (Å²) in [5.41, 5.74) is 1.87. The largest absolute Gasteiger partial charge is 0.387 e. The molecule has 0 amide bonds. The molecule has 1 unspecified atom stereocenters. The van der Waals surface area contributed by atoms with Crippen LogP contribution in [0.2, 0.25) is 0 Å². The Morgan fingerprint density at radius 3 is 2.24 bits per heavy atom. The highest BCUT2D eigenvalue weighted by Crippen LogP contribution is 2.20. The van der Waals surface area contributed by atoms with Gasteiger partial charge in [0.1, 0.15) is 0 Å². The molecule has 96 valence electrons. The normalized spacial score (nSPS) is 12.8. The molecule has 0 saturated heterocycles. The zero-order chi connectivity index (χ0) is 12.8. The minimum Gasteiger partial charge on any atom is -0.387 e. The molecule has 1 aromatic rings. The maximum Gasteiger partial charge on any atom is 0.0957 e. The summed E-state index contributed by atoms with van der Waals surface area (Å²) in [5.74, 6) is 0. The van der Waals surface area contributed by atoms with E-state index in [0.29, 0.717) is 12.5 Å². The van der Waals surface area contributed by atoms with Crippen molar-refractivity contribution in [3.8, 4) is 0 Å². The maximum absolute atomic E-state index is 9.68. The Kier molecular flexibility index (Phi) is 5.42. The Morgan fingerprint density at radius 2 is 1.82 bits per heavy atom. The quantitative estimate of drug-likeness (QED) is 0.824. The molecule has 1 atom stereocenters. The summed E-state index contributed by atoms with van der Waals surface area (Å²) in [5, 5.41) is 9.68. The summed E-state index contributed by atoms with van der Waals surface area (Å²) in [4.78, 5) is 6.59. The number of pyridine rings is 1. The van der Waals surface area contributed by atoms with E-state index < -0.39 is 6.10 Å². The Labute approximate surface area is 104 Å². The van der Waals surface area contributed by atoms with Crippen LogP contribution in [0.3, 0.4) is 0 Å². The molecule has 0 saturated carbocycles. The van der Waals surface area contributed by atoms with Gasteiger partial charge in [0.05, 0.1) is 23.7 Å². The molecule has 0 aliphatic heterocycles. The average molecular weight is 236 g/mol. The molecule has 1 N–H and O–H groups in total. The topological polar surface area (TPSA) is 36.4 Å². The van der Waals surface area contributed by atoms with Crippen LogP contribution in [-0.2, 0) is 0 Å². The van der Waals surface area contributed by atoms with E-state index in [-0.39, 0.29) is 0 Å². The monoisotopic (exact) mass is 236 g/mol. The van der Waals surface area contributed by atoms with Gasteiger partial charge in [-0.1, -0.05) is 20.8 Å². The van der Waals surface area contributed by atoms with Gasteiger partial charge in [0.25, 0.3) is 0 Å². The average Bonchev–Trinajstić information content (AvgIpc) is 2.39. The summed E-state index contributed by atoms with van der Waals surface area (Å²) >= 11 is 0. The molecule has 0 radical (unpaired) electrons. The third-order valence-corrected chi connectivity index (χ3v) is 3.40. The molecule has 0 aliphatic carbocycles. The predicted octanol–water partition coefficient (Wildman–Crippen LogP) is 3.15. The van der Waals surface area contributed by atoms with Crippen LogP contribution in [0.1, 0.15) is 51.8 Å². The van der Waals surface area contributed by atoms with Gasteiger partial charge < -0.3 is 10.0 Å². The van der Waals surface area contributed by atoms with Gasteiger partial charge in [-0.25, -0.2) is 0 Å². The third kappa shape index (κ3) is 3.43. The van der Waals surface area contributed by atoms with Crippen LogP contribution in [0.5, 0.6) is 0 Å². The van der Waals surface area contributed by atoms with Crippen molar-refractivity contribution in [2.24, 2.45) is 0 Å². The van der Waals surface area contributed by atoms with Crippen LogP contribution in [-0.4, -0.2) is 23.2 Å². The van der Waals surface area contributed by atoms with E-state index in [4.69, 9.17) is 0 Å². The van der Waals surface area contributed by atoms with Gasteiger partial charge in [0, 0.05) is 13.1 Å². The minimum absolute atomic E-state index is 0.442. The van der Waals surface area contributed by atoms with E-state index in [1.807, 2.05) is 25.3 Å². The number of aliphatic hydroxyl groups is 1. The van der Waals surface area contributed by atoms with Gasteiger partial charge in [-0.3, -0.25) is 4.98 Å². The lowest BCUT2D eigenvalue weighted by Crippen LogP contribution is -2.30. The number of rotatable bonds is 6. The fourth-order valence-corrected chi connectivity index (χ4v) is 2.06. The van der Waals surface area contributed by atoms with E-state index in [9.17, 15) is 5.11 Å². The smallest absolute Gasteiger partial charge is 0.0957 e. The van der Waals surface area contributed by atoms with Gasteiger partial charge >= 0.3 is 0 Å². The first kappa shape index (κ1) is 14.0. The van der Waals surface area contributed by atoms with Crippen LogP contribution >= 0.6 is 0 Å². The highest BCUT2D eigenvalue weighted by Gasteiger charge is 2.12. The zero-order valence-electron chi connectivity index (χ0n) is 11.3. The number of nitrogens with zero attached hydrogens (tertiary/aromatic N) is 2. The highest BCUT2D eigenvalue weighted by molar-refractivity contribution is 5.44. The van der Waals surface area contributed by atoms with Crippen LogP contribution in [0, 0.1) is 0 Å². The Hall–Kier alpha value is -1.09. The molecular formula is C14H24N2O. The summed E-state index contributed by atoms with van der Waals surface area (Å²) in [6.45, 7) is 6.36. The summed E-state index contributed by atoms with van der Waals surface area (Å²) < 4.78 is 0. The van der Waals surface area contributed by atoms with Gasteiger partial charge in [-0.2, -0.15) is 0 Å². The van der Waals surface area contributed by atoms with Crippen LogP contribution < -0.4 is 4.90 Å². The van der Waals surface area contributed by atoms with E-state index >= 15 is 0 Å². The zero-order valence-corrected chi connectivity index (χ0v) is 11.3. The van der Waals surface area contributed by atoms with E-state index in [1.54, 1.807) is 0 Å². The van der Waals surface area contributed by atoms with Crippen molar-refractivity contribution in [2.45, 2.75) is 52.2 Å². The Bertz CT molecular complexity index is 319. The molecule has 1 rings (SSSR count). The van der Waals surface area contributed by atoms with Crippen molar-refractivity contribution >= 4 is 5.69 Å². The Balaban J connectivity index is 2.79. The first-order chi connectivity index (χ1) is 8.13. The molecule has 17 heavy (non-hydrogen) atoms. The fraction of sp³-hybridized carbons (Fsp3) is 0.643. The summed E-state index contributed by atoms with van der Waals surface area (Å²) in [7, 11) is 2.10. The third-order valence-electron chi connectivity index (χ3n) is 3.40. The lowest BCUT2D eigenvalue weighted by molar-refractivity contribution is 0.169. The van der Waals surface area contributed by atoms with Crippen molar-refractivity contribution in [1.82, 2.24) is 4.98 Å². The minimum atomic E-state index is -0.442. The molecule has 0 aromatic carbocycles. The van der Waals surface area contributed by atoms with Gasteiger partial charge in [0.15, 0.2) is 0 Å². The van der Waals surface area contributed by atoms with Crippen molar-refractivity contribution in [1.29, 1.82) is 0 Å². The van der Waals surface area contributed by atoms with E-state index in [0.717, 1.165) is 24.2 Å². The fourth-order valence-electron chi connectivity index (χ4n) is 2.06. The molecule has 1 aromatic heterocycles. The predicted molar refractivity (Wildman–Crippen MR) is 72.3 cm³/mol. The van der Waals surface area contributed by atoms with Crippen molar-refractivity contribution in [2.75, 3.05) is 11.9 Å². The number of hydrogen-bond acceptors (Lipinski definition) is 3. The second-order valence-electron chi connectivity index (χ2n) is 4.45. The first-order valence-electron chi connectivity index (χ1n) is 6.50. The van der Waals surface area contributed by atoms with E-state index in [1.165, 1.54) is 0 Å². The first-order valence-corrected chi connectivity index (χ1v) is 6.50. The van der Waals surface area contributed by atoms with Crippen LogP contribution in [0.15, 0.2) is 18.3 Å². The van der Waals surface area contributed by atoms with Crippen molar-refractivity contribution in [3.63, 3.8) is 0 Å². The molecule has 0 spiro atoms. The molecule has 3 nitrogen and oxygen atoms in total. The number of aromatic nitrogens is 1. The maximum atomic E-state index is 9.68. The lowest BCUT2D eigenvalue weighted by atomic mass is 10.1. The van der Waals surface area contributed by atoms with Gasteiger partial charge in [-0.15, -0.1) is 0 Å². The number of aliphatic hydroxyl groups excluding tert-OH is 1. The second-order valence-corrected chi connectivity index (χ2v) is 4.45. The second kappa shape index (κ2) is 6.60. The molecule has 0 aliphatic rings. The van der Waals surface area contributed by atoms with Crippen molar-refractivity contribution < 1.29 is 5.11 Å². The molecular weight excluding hydrogens is 212 g/mol. The molecule has 0 bridgehead atoms. The standard InChI is InChI=1S/C14H24N2O/c1-5-11(6-2)16(4)12-8-9-13(15-10-12)14(17)7-3/h8-11,14,17H,5-7H2,1-4H3. The summed E-state index contributed by atoms with van der Waals surface area (Å²) in [6.07, 6.45) is 4.38. The lowest BCUT2D eigenvalue weighted by Gasteiger charge is -2.28. The van der Waals surface area contributed by atoms with E-state index in [2.05, 4.69) is 30.8 Å². The Morgan fingerprint density at radius 1 is 1.18 bits per heavy atom. The highest BCUT2D eigenvalue weighted by atomic mass is 16.3. The van der Waals surface area contributed by atoms with Gasteiger partial charge in [0.2, 0.25) is 0 Å². The number of anilines is 1. The van der Waals surface area contributed by atoms with Gasteiger partial charge in [-0.05, 0) is 31.4 Å². The molecule has 3 heteroatoms. The molecule has 1 heterocycles. The SMILES string of the molecule is CCC(O)c1ccc(N(C)C(CC)CC)cn1. The van der Waals surface area contributed by atoms with Crippen molar-refractivity contribution in [3.05, 3.63) is 24.0 Å². The number of hydrogen-bond donors (Lipinski definition) is 1. The van der Waals surface area contributed by atoms with Crippen LogP contribution in [0.25, 0.3) is 0 Å². The molecule has 0 fully saturated rings.